The molecule has 0 spiro atoms. The zero-order chi connectivity index (χ0) is 16.5. The molecule has 0 saturated carbocycles. The van der Waals surface area contributed by atoms with Gasteiger partial charge in [0.05, 0.1) is 19.7 Å². The lowest BCUT2D eigenvalue weighted by Crippen LogP contribution is -2.44. The third-order valence-electron chi connectivity index (χ3n) is 4.11. The van der Waals surface area contributed by atoms with E-state index in [2.05, 4.69) is 17.1 Å². The van der Waals surface area contributed by atoms with Crippen LogP contribution in [0.5, 0.6) is 11.5 Å². The lowest BCUT2D eigenvalue weighted by atomic mass is 10.0. The van der Waals surface area contributed by atoms with Crippen molar-refractivity contribution >= 4 is 5.91 Å². The molecule has 1 atom stereocenters. The molecule has 5 heteroatoms. The van der Waals surface area contributed by atoms with Gasteiger partial charge in [-0.1, -0.05) is 6.42 Å². The van der Waals surface area contributed by atoms with E-state index in [0.717, 1.165) is 18.0 Å². The van der Waals surface area contributed by atoms with Crippen molar-refractivity contribution in [1.29, 1.82) is 0 Å². The highest BCUT2D eigenvalue weighted by atomic mass is 16.5. The SMILES string of the molecule is CCOc1ccc(OCCNC(=O)CN2CCCC[C@@H]2C)cc1. The van der Waals surface area contributed by atoms with Gasteiger partial charge in [0.2, 0.25) is 5.91 Å². The summed E-state index contributed by atoms with van der Waals surface area (Å²) in [6.45, 7) is 7.31. The number of ether oxygens (including phenoxy) is 2. The average Bonchev–Trinajstić information content (AvgIpc) is 2.55. The Hall–Kier alpha value is -1.75. The number of carbonyl (C=O) groups excluding carboxylic acids is 1. The summed E-state index contributed by atoms with van der Waals surface area (Å²) >= 11 is 0. The maximum atomic E-state index is 12.0. The lowest BCUT2D eigenvalue weighted by molar-refractivity contribution is -0.123. The van der Waals surface area contributed by atoms with E-state index in [0.29, 0.717) is 32.3 Å². The molecule has 0 aliphatic carbocycles. The molecule has 1 fully saturated rings. The van der Waals surface area contributed by atoms with Gasteiger partial charge < -0.3 is 14.8 Å². The number of rotatable bonds is 8. The minimum Gasteiger partial charge on any atom is -0.494 e. The van der Waals surface area contributed by atoms with E-state index in [-0.39, 0.29) is 5.91 Å². The Balaban J connectivity index is 1.61. The molecule has 1 saturated heterocycles. The van der Waals surface area contributed by atoms with Crippen LogP contribution in [0.15, 0.2) is 24.3 Å². The molecular weight excluding hydrogens is 292 g/mol. The smallest absolute Gasteiger partial charge is 0.234 e. The summed E-state index contributed by atoms with van der Waals surface area (Å²) in [6.07, 6.45) is 3.65. The predicted molar refractivity (Wildman–Crippen MR) is 91.0 cm³/mol. The van der Waals surface area contributed by atoms with Crippen LogP contribution in [0.4, 0.5) is 0 Å². The zero-order valence-corrected chi connectivity index (χ0v) is 14.2. The number of benzene rings is 1. The molecule has 5 nitrogen and oxygen atoms in total. The van der Waals surface area contributed by atoms with Crippen molar-refractivity contribution in [2.24, 2.45) is 0 Å². The first kappa shape index (κ1) is 17.6. The minimum absolute atomic E-state index is 0.0778. The molecule has 0 radical (unpaired) electrons. The van der Waals surface area contributed by atoms with Crippen molar-refractivity contribution in [1.82, 2.24) is 10.2 Å². The molecule has 1 heterocycles. The predicted octanol–water partition coefficient (Wildman–Crippen LogP) is 2.45. The van der Waals surface area contributed by atoms with Crippen LogP contribution in [-0.4, -0.2) is 49.7 Å². The second-order valence-electron chi connectivity index (χ2n) is 5.92. The van der Waals surface area contributed by atoms with Gasteiger partial charge in [-0.25, -0.2) is 0 Å². The molecule has 0 aromatic heterocycles. The van der Waals surface area contributed by atoms with Gasteiger partial charge in [-0.15, -0.1) is 0 Å². The van der Waals surface area contributed by atoms with E-state index in [1.165, 1.54) is 19.3 Å². The first-order valence-corrected chi connectivity index (χ1v) is 8.55. The quantitative estimate of drug-likeness (QED) is 0.748. The lowest BCUT2D eigenvalue weighted by Gasteiger charge is -2.32. The molecule has 1 aromatic rings. The van der Waals surface area contributed by atoms with Crippen LogP contribution >= 0.6 is 0 Å². The van der Waals surface area contributed by atoms with Gasteiger partial charge >= 0.3 is 0 Å². The Morgan fingerprint density at radius 2 is 1.91 bits per heavy atom. The van der Waals surface area contributed by atoms with Crippen LogP contribution in [0.3, 0.4) is 0 Å². The van der Waals surface area contributed by atoms with E-state index >= 15 is 0 Å². The molecule has 1 aliphatic rings. The van der Waals surface area contributed by atoms with Crippen LogP contribution in [0, 0.1) is 0 Å². The van der Waals surface area contributed by atoms with E-state index < -0.39 is 0 Å². The Morgan fingerprint density at radius 3 is 2.57 bits per heavy atom. The van der Waals surface area contributed by atoms with Crippen molar-refractivity contribution in [2.45, 2.75) is 39.2 Å². The first-order chi connectivity index (χ1) is 11.2. The number of amides is 1. The number of likely N-dealkylation sites (tertiary alicyclic amines) is 1. The highest BCUT2D eigenvalue weighted by molar-refractivity contribution is 5.78. The van der Waals surface area contributed by atoms with Gasteiger partial charge in [0.25, 0.3) is 0 Å². The van der Waals surface area contributed by atoms with Crippen LogP contribution in [0.2, 0.25) is 0 Å². The largest absolute Gasteiger partial charge is 0.494 e. The molecule has 128 valence electrons. The summed E-state index contributed by atoms with van der Waals surface area (Å²) in [5.74, 6) is 1.70. The summed E-state index contributed by atoms with van der Waals surface area (Å²) in [7, 11) is 0. The van der Waals surface area contributed by atoms with E-state index in [4.69, 9.17) is 9.47 Å². The van der Waals surface area contributed by atoms with E-state index in [1.54, 1.807) is 0 Å². The topological polar surface area (TPSA) is 50.8 Å². The third-order valence-corrected chi connectivity index (χ3v) is 4.11. The number of hydrogen-bond acceptors (Lipinski definition) is 4. The van der Waals surface area contributed by atoms with Crippen molar-refractivity contribution in [2.75, 3.05) is 32.8 Å². The molecule has 2 rings (SSSR count). The number of piperidine rings is 1. The Labute approximate surface area is 139 Å². The monoisotopic (exact) mass is 320 g/mol. The fraction of sp³-hybridized carbons (Fsp3) is 0.611. The van der Waals surface area contributed by atoms with Gasteiger partial charge in [0.15, 0.2) is 0 Å². The fourth-order valence-electron chi connectivity index (χ4n) is 2.79. The zero-order valence-electron chi connectivity index (χ0n) is 14.2. The van der Waals surface area contributed by atoms with Crippen LogP contribution in [-0.2, 0) is 4.79 Å². The van der Waals surface area contributed by atoms with Crippen LogP contribution < -0.4 is 14.8 Å². The van der Waals surface area contributed by atoms with Crippen molar-refractivity contribution in [3.63, 3.8) is 0 Å². The maximum Gasteiger partial charge on any atom is 0.234 e. The second kappa shape index (κ2) is 9.40. The molecule has 1 N–H and O–H groups in total. The van der Waals surface area contributed by atoms with Crippen molar-refractivity contribution in [3.8, 4) is 11.5 Å². The summed E-state index contributed by atoms with van der Waals surface area (Å²) in [5, 5.41) is 2.92. The summed E-state index contributed by atoms with van der Waals surface area (Å²) < 4.78 is 11.0. The van der Waals surface area contributed by atoms with Crippen molar-refractivity contribution < 1.29 is 14.3 Å². The maximum absolute atomic E-state index is 12.0. The van der Waals surface area contributed by atoms with Gasteiger partial charge in [-0.05, 0) is 57.5 Å². The third kappa shape index (κ3) is 6.10. The van der Waals surface area contributed by atoms with Gasteiger partial charge in [-0.3, -0.25) is 9.69 Å². The normalized spacial score (nSPS) is 18.4. The minimum atomic E-state index is 0.0778. The highest BCUT2D eigenvalue weighted by Crippen LogP contribution is 2.17. The average molecular weight is 320 g/mol. The summed E-state index contributed by atoms with van der Waals surface area (Å²) in [5.41, 5.74) is 0. The van der Waals surface area contributed by atoms with Gasteiger partial charge in [-0.2, -0.15) is 0 Å². The van der Waals surface area contributed by atoms with Crippen molar-refractivity contribution in [3.05, 3.63) is 24.3 Å². The molecule has 0 bridgehead atoms. The van der Waals surface area contributed by atoms with E-state index in [1.807, 2.05) is 31.2 Å². The second-order valence-corrected chi connectivity index (χ2v) is 5.92. The van der Waals surface area contributed by atoms with Crippen LogP contribution in [0.1, 0.15) is 33.1 Å². The Morgan fingerprint density at radius 1 is 1.22 bits per heavy atom. The van der Waals surface area contributed by atoms with Gasteiger partial charge in [0.1, 0.15) is 18.1 Å². The summed E-state index contributed by atoms with van der Waals surface area (Å²) in [6, 6.07) is 8.03. The molecule has 23 heavy (non-hydrogen) atoms. The number of nitrogens with one attached hydrogen (secondary N) is 1. The van der Waals surface area contributed by atoms with Gasteiger partial charge in [0, 0.05) is 6.04 Å². The van der Waals surface area contributed by atoms with Crippen LogP contribution in [0.25, 0.3) is 0 Å². The molecule has 1 amide bonds. The number of hydrogen-bond donors (Lipinski definition) is 1. The molecular formula is C18H28N2O3. The molecule has 1 aliphatic heterocycles. The van der Waals surface area contributed by atoms with E-state index in [9.17, 15) is 4.79 Å². The Bertz CT molecular complexity index is 476. The fourth-order valence-corrected chi connectivity index (χ4v) is 2.79. The number of nitrogens with zero attached hydrogens (tertiary/aromatic N) is 1. The summed E-state index contributed by atoms with van der Waals surface area (Å²) in [4.78, 5) is 14.2. The molecule has 0 unspecified atom stereocenters. The first-order valence-electron chi connectivity index (χ1n) is 8.55. The standard InChI is InChI=1S/C18H28N2O3/c1-3-22-16-7-9-17(10-8-16)23-13-11-19-18(21)14-20-12-5-4-6-15(20)2/h7-10,15H,3-6,11-14H2,1-2H3,(H,19,21)/t15-/m0/s1. The highest BCUT2D eigenvalue weighted by Gasteiger charge is 2.20. The Kier molecular flexibility index (Phi) is 7.20. The molecule has 1 aromatic carbocycles. The number of carbonyl (C=O) groups is 1.